The molecule has 0 radical (unpaired) electrons. The van der Waals surface area contributed by atoms with Crippen molar-refractivity contribution in [1.82, 2.24) is 19.7 Å². The number of para-hydroxylation sites is 1. The van der Waals surface area contributed by atoms with Crippen molar-refractivity contribution >= 4 is 40.9 Å². The predicted octanol–water partition coefficient (Wildman–Crippen LogP) is 1.80. The first kappa shape index (κ1) is 32.5. The molecule has 0 fully saturated rings. The van der Waals surface area contributed by atoms with Gasteiger partial charge in [0.05, 0.1) is 18.6 Å². The molecule has 3 amide bonds. The first-order chi connectivity index (χ1) is 18.9. The Morgan fingerprint density at radius 2 is 1.80 bits per heavy atom. The van der Waals surface area contributed by atoms with Crippen molar-refractivity contribution in [2.45, 2.75) is 77.5 Å². The molecule has 0 aliphatic rings. The van der Waals surface area contributed by atoms with Crippen molar-refractivity contribution in [3.05, 3.63) is 36.0 Å². The summed E-state index contributed by atoms with van der Waals surface area (Å²) in [5.74, 6) is -2.04. The molecule has 220 valence electrons. The van der Waals surface area contributed by atoms with E-state index in [4.69, 9.17) is 5.73 Å². The second kappa shape index (κ2) is 15.2. The molecule has 3 atom stereocenters. The van der Waals surface area contributed by atoms with Gasteiger partial charge in [0.15, 0.2) is 0 Å². The minimum atomic E-state index is -0.982. The summed E-state index contributed by atoms with van der Waals surface area (Å²) >= 11 is 0. The van der Waals surface area contributed by atoms with Crippen LogP contribution < -0.4 is 11.1 Å². The van der Waals surface area contributed by atoms with Gasteiger partial charge in [-0.05, 0) is 36.8 Å². The minimum Gasteiger partial charge on any atom is -0.480 e. The maximum atomic E-state index is 13.4. The highest BCUT2D eigenvalue weighted by Crippen LogP contribution is 2.23. The lowest BCUT2D eigenvalue weighted by molar-refractivity contribution is -0.146. The van der Waals surface area contributed by atoms with Crippen LogP contribution in [-0.4, -0.2) is 88.2 Å². The summed E-state index contributed by atoms with van der Waals surface area (Å²) in [6, 6.07) is 4.90. The number of fused-ring (bicyclic) bond motifs is 1. The zero-order valence-electron chi connectivity index (χ0n) is 24.1. The fourth-order valence-electron chi connectivity index (χ4n) is 4.84. The summed E-state index contributed by atoms with van der Waals surface area (Å²) in [6.45, 7) is 5.40. The fraction of sp³-hybridized carbons (Fsp3) is 0.552. The molecule has 0 aliphatic carbocycles. The first-order valence-electron chi connectivity index (χ1n) is 13.7. The zero-order valence-corrected chi connectivity index (χ0v) is 24.1. The molecule has 0 spiro atoms. The standard InChI is InChI=1S/C29H43N5O6/c1-6-7-11-25(29(40)32(4)16-26(36)31-21(18-35)13-19(2)3)33(5)28(39)23(30)14-20-15-34(17-27(37)38)24-12-9-8-10-22(20)24/h8-10,12,15,18-19,21,23,25H,6-7,11,13-14,16-17,30H2,1-5H3,(H,31,36)(H,37,38)/t21-,23-,25-/m0/s1. The van der Waals surface area contributed by atoms with Crippen LogP contribution in [0.3, 0.4) is 0 Å². The van der Waals surface area contributed by atoms with Gasteiger partial charge in [-0.1, -0.05) is 51.8 Å². The van der Waals surface area contributed by atoms with Gasteiger partial charge in [-0.2, -0.15) is 0 Å². The van der Waals surface area contributed by atoms with Crippen molar-refractivity contribution in [2.75, 3.05) is 20.6 Å². The monoisotopic (exact) mass is 557 g/mol. The zero-order chi connectivity index (χ0) is 30.0. The third-order valence-corrected chi connectivity index (χ3v) is 6.86. The molecule has 2 rings (SSSR count). The SMILES string of the molecule is CCCC[C@@H](C(=O)N(C)CC(=O)N[C@H](C=O)CC(C)C)N(C)C(=O)[C@@H](N)Cc1cn(CC(=O)O)c2ccccc12. The molecule has 2 aromatic rings. The number of carbonyl (C=O) groups is 5. The lowest BCUT2D eigenvalue weighted by Gasteiger charge is -2.32. The second-order valence-electron chi connectivity index (χ2n) is 10.7. The number of nitrogens with two attached hydrogens (primary N) is 1. The number of hydrogen-bond acceptors (Lipinski definition) is 6. The predicted molar refractivity (Wildman–Crippen MR) is 152 cm³/mol. The van der Waals surface area contributed by atoms with Gasteiger partial charge < -0.3 is 35.3 Å². The lowest BCUT2D eigenvalue weighted by Crippen LogP contribution is -2.54. The number of rotatable bonds is 16. The summed E-state index contributed by atoms with van der Waals surface area (Å²) in [5.41, 5.74) is 7.82. The van der Waals surface area contributed by atoms with E-state index >= 15 is 0 Å². The van der Waals surface area contributed by atoms with E-state index < -0.39 is 41.8 Å². The van der Waals surface area contributed by atoms with Crippen molar-refractivity contribution in [1.29, 1.82) is 0 Å². The molecule has 1 aromatic heterocycles. The van der Waals surface area contributed by atoms with Crippen molar-refractivity contribution in [2.24, 2.45) is 11.7 Å². The van der Waals surface area contributed by atoms with E-state index in [9.17, 15) is 29.1 Å². The van der Waals surface area contributed by atoms with Crippen LogP contribution in [-0.2, 0) is 36.9 Å². The van der Waals surface area contributed by atoms with Gasteiger partial charge in [0.1, 0.15) is 18.9 Å². The Labute approximate surface area is 235 Å². The first-order valence-corrected chi connectivity index (χ1v) is 13.7. The number of hydrogen-bond donors (Lipinski definition) is 3. The number of unbranched alkanes of at least 4 members (excludes halogenated alkanes) is 1. The van der Waals surface area contributed by atoms with Crippen LogP contribution in [0.1, 0.15) is 52.0 Å². The normalized spacial score (nSPS) is 13.5. The van der Waals surface area contributed by atoms with Gasteiger partial charge >= 0.3 is 5.97 Å². The third-order valence-electron chi connectivity index (χ3n) is 6.86. The highest BCUT2D eigenvalue weighted by Gasteiger charge is 2.32. The molecule has 0 saturated heterocycles. The summed E-state index contributed by atoms with van der Waals surface area (Å²) in [5, 5.41) is 12.7. The summed E-state index contributed by atoms with van der Waals surface area (Å²) in [7, 11) is 3.03. The largest absolute Gasteiger partial charge is 0.480 e. The Kier molecular flexibility index (Phi) is 12.3. The quantitative estimate of drug-likeness (QED) is 0.266. The van der Waals surface area contributed by atoms with Gasteiger partial charge in [-0.15, -0.1) is 0 Å². The van der Waals surface area contributed by atoms with E-state index in [0.29, 0.717) is 25.5 Å². The van der Waals surface area contributed by atoms with Crippen LogP contribution in [0.15, 0.2) is 30.5 Å². The highest BCUT2D eigenvalue weighted by molar-refractivity contribution is 5.93. The number of carbonyl (C=O) groups excluding carboxylic acids is 4. The average molecular weight is 558 g/mol. The van der Waals surface area contributed by atoms with Crippen LogP contribution in [0, 0.1) is 5.92 Å². The van der Waals surface area contributed by atoms with E-state index in [1.165, 1.54) is 23.9 Å². The number of aldehydes is 1. The lowest BCUT2D eigenvalue weighted by atomic mass is 10.0. The van der Waals surface area contributed by atoms with Gasteiger partial charge in [0.25, 0.3) is 0 Å². The van der Waals surface area contributed by atoms with Crippen molar-refractivity contribution < 1.29 is 29.1 Å². The molecule has 1 heterocycles. The van der Waals surface area contributed by atoms with Gasteiger partial charge in [0.2, 0.25) is 17.7 Å². The molecule has 40 heavy (non-hydrogen) atoms. The number of amides is 3. The molecule has 4 N–H and O–H groups in total. The van der Waals surface area contributed by atoms with Crippen LogP contribution in [0.5, 0.6) is 0 Å². The van der Waals surface area contributed by atoms with E-state index in [0.717, 1.165) is 22.9 Å². The van der Waals surface area contributed by atoms with E-state index in [1.807, 2.05) is 45.0 Å². The molecule has 0 saturated carbocycles. The Morgan fingerprint density at radius 1 is 1.12 bits per heavy atom. The molecule has 11 heteroatoms. The van der Waals surface area contributed by atoms with Crippen LogP contribution in [0.2, 0.25) is 0 Å². The molecule has 11 nitrogen and oxygen atoms in total. The highest BCUT2D eigenvalue weighted by atomic mass is 16.4. The topological polar surface area (TPSA) is 155 Å². The number of nitrogens with one attached hydrogen (secondary N) is 1. The van der Waals surface area contributed by atoms with E-state index in [2.05, 4.69) is 5.32 Å². The average Bonchev–Trinajstić information content (AvgIpc) is 3.23. The molecule has 0 unspecified atom stereocenters. The van der Waals surface area contributed by atoms with Crippen molar-refractivity contribution in [3.63, 3.8) is 0 Å². The summed E-state index contributed by atoms with van der Waals surface area (Å²) < 4.78 is 1.61. The molecule has 1 aromatic carbocycles. The maximum Gasteiger partial charge on any atom is 0.323 e. The molecule has 0 bridgehead atoms. The number of nitrogens with zero attached hydrogens (tertiary/aromatic N) is 3. The van der Waals surface area contributed by atoms with Crippen molar-refractivity contribution in [3.8, 4) is 0 Å². The molecular weight excluding hydrogens is 514 g/mol. The van der Waals surface area contributed by atoms with Crippen LogP contribution in [0.25, 0.3) is 10.9 Å². The maximum absolute atomic E-state index is 13.4. The Balaban J connectivity index is 2.16. The number of carboxylic acid groups (broad SMARTS) is 1. The minimum absolute atomic E-state index is 0.159. The Hall–Kier alpha value is -3.73. The van der Waals surface area contributed by atoms with Gasteiger partial charge in [0, 0.05) is 31.2 Å². The summed E-state index contributed by atoms with van der Waals surface area (Å²) in [6.07, 6.45) is 4.94. The van der Waals surface area contributed by atoms with Crippen LogP contribution >= 0.6 is 0 Å². The van der Waals surface area contributed by atoms with E-state index in [1.54, 1.807) is 10.8 Å². The van der Waals surface area contributed by atoms with Gasteiger partial charge in [-0.25, -0.2) is 0 Å². The number of carboxylic acids is 1. The number of likely N-dealkylation sites (N-methyl/N-ethyl adjacent to an activating group) is 2. The van der Waals surface area contributed by atoms with Crippen LogP contribution in [0.4, 0.5) is 0 Å². The third kappa shape index (κ3) is 8.90. The number of aromatic nitrogens is 1. The second-order valence-corrected chi connectivity index (χ2v) is 10.7. The number of benzene rings is 1. The fourth-order valence-corrected chi connectivity index (χ4v) is 4.84. The summed E-state index contributed by atoms with van der Waals surface area (Å²) in [4.78, 5) is 64.6. The molecular formula is C29H43N5O6. The Morgan fingerprint density at radius 3 is 2.40 bits per heavy atom. The molecule has 0 aliphatic heterocycles. The van der Waals surface area contributed by atoms with Gasteiger partial charge in [-0.3, -0.25) is 19.2 Å². The number of aliphatic carboxylic acids is 1. The Bertz CT molecular complexity index is 1190. The van der Waals surface area contributed by atoms with E-state index in [-0.39, 0.29) is 25.4 Å². The smallest absolute Gasteiger partial charge is 0.323 e.